The van der Waals surface area contributed by atoms with Crippen LogP contribution in [0.5, 0.6) is 0 Å². The number of carbonyl (C=O) groups is 1. The van der Waals surface area contributed by atoms with E-state index in [0.717, 1.165) is 0 Å². The molecule has 0 aromatic heterocycles. The highest BCUT2D eigenvalue weighted by atomic mass is 35.5. The Balaban J connectivity index is 1.91. The second-order valence-corrected chi connectivity index (χ2v) is 5.35. The first-order valence-corrected chi connectivity index (χ1v) is 5.16. The Labute approximate surface area is 90.2 Å². The summed E-state index contributed by atoms with van der Waals surface area (Å²) >= 11 is 5.52. The van der Waals surface area contributed by atoms with Crippen molar-refractivity contribution in [1.29, 1.82) is 0 Å². The molecule has 3 rings (SSSR count). The Morgan fingerprint density at radius 3 is 2.20 bits per heavy atom. The van der Waals surface area contributed by atoms with E-state index in [1.807, 2.05) is 0 Å². The summed E-state index contributed by atoms with van der Waals surface area (Å²) in [6.45, 7) is 1.50. The number of rotatable bonds is 2. The van der Waals surface area contributed by atoms with E-state index < -0.39 is 22.5 Å². The van der Waals surface area contributed by atoms with Crippen molar-refractivity contribution in [2.45, 2.75) is 43.3 Å². The van der Waals surface area contributed by atoms with Gasteiger partial charge in [-0.3, -0.25) is 4.79 Å². The van der Waals surface area contributed by atoms with Gasteiger partial charge in [-0.2, -0.15) is 13.2 Å². The van der Waals surface area contributed by atoms with Crippen LogP contribution >= 0.6 is 11.6 Å². The van der Waals surface area contributed by atoms with Crippen LogP contribution in [0.25, 0.3) is 0 Å². The van der Waals surface area contributed by atoms with Gasteiger partial charge in [0.1, 0.15) is 5.38 Å². The number of halogens is 4. The maximum Gasteiger partial charge on any atom is 0.394 e. The minimum Gasteiger partial charge on any atom is -0.349 e. The highest BCUT2D eigenvalue weighted by Gasteiger charge is 2.78. The molecule has 2 nitrogen and oxygen atoms in total. The van der Waals surface area contributed by atoms with Crippen LogP contribution in [0, 0.1) is 5.41 Å². The minimum atomic E-state index is -4.13. The second kappa shape index (κ2) is 2.81. The second-order valence-electron chi connectivity index (χ2n) is 4.69. The van der Waals surface area contributed by atoms with E-state index in [0.29, 0.717) is 0 Å². The Morgan fingerprint density at radius 1 is 1.40 bits per heavy atom. The summed E-state index contributed by atoms with van der Waals surface area (Å²) in [6.07, 6.45) is -4.09. The molecule has 3 saturated carbocycles. The van der Waals surface area contributed by atoms with E-state index in [1.165, 1.54) is 6.92 Å². The minimum absolute atomic E-state index is 0.0127. The molecule has 0 aromatic carbocycles. The van der Waals surface area contributed by atoms with Crippen LogP contribution in [0.15, 0.2) is 0 Å². The zero-order chi connectivity index (χ0) is 11.5. The van der Waals surface area contributed by atoms with Crippen molar-refractivity contribution in [3.8, 4) is 0 Å². The van der Waals surface area contributed by atoms with Gasteiger partial charge < -0.3 is 5.32 Å². The van der Waals surface area contributed by atoms with E-state index in [2.05, 4.69) is 5.32 Å². The smallest absolute Gasteiger partial charge is 0.349 e. The average molecular weight is 242 g/mol. The molecule has 6 heteroatoms. The van der Waals surface area contributed by atoms with Gasteiger partial charge in [-0.1, -0.05) is 0 Å². The summed E-state index contributed by atoms with van der Waals surface area (Å²) in [4.78, 5) is 11.2. The van der Waals surface area contributed by atoms with E-state index in [-0.39, 0.29) is 25.2 Å². The molecule has 3 fully saturated rings. The Morgan fingerprint density at radius 2 is 1.87 bits per heavy atom. The van der Waals surface area contributed by atoms with Crippen molar-refractivity contribution < 1.29 is 18.0 Å². The molecule has 0 heterocycles. The van der Waals surface area contributed by atoms with Crippen molar-refractivity contribution in [2.24, 2.45) is 5.41 Å². The van der Waals surface area contributed by atoms with Crippen LogP contribution < -0.4 is 5.32 Å². The van der Waals surface area contributed by atoms with Gasteiger partial charge in [0.05, 0.1) is 5.41 Å². The quantitative estimate of drug-likeness (QED) is 0.738. The molecule has 0 aromatic rings. The molecule has 86 valence electrons. The predicted molar refractivity (Wildman–Crippen MR) is 48.5 cm³/mol. The number of carbonyl (C=O) groups excluding carboxylic acids is 1. The molecule has 0 saturated heterocycles. The summed E-state index contributed by atoms with van der Waals surface area (Å²) in [5.74, 6) is -0.382. The molecular weight excluding hydrogens is 231 g/mol. The topological polar surface area (TPSA) is 29.1 Å². The van der Waals surface area contributed by atoms with Gasteiger partial charge in [-0.25, -0.2) is 0 Å². The third-order valence-electron chi connectivity index (χ3n) is 3.38. The number of alkyl halides is 4. The predicted octanol–water partition coefficient (Wildman–Crippen LogP) is 2.21. The number of hydrogen-bond acceptors (Lipinski definition) is 1. The Hall–Kier alpha value is -0.450. The Bertz CT molecular complexity index is 293. The lowest BCUT2D eigenvalue weighted by molar-refractivity contribution is -0.337. The summed E-state index contributed by atoms with van der Waals surface area (Å²) in [6, 6.07) is 0. The first-order chi connectivity index (χ1) is 6.70. The van der Waals surface area contributed by atoms with Crippen molar-refractivity contribution in [2.75, 3.05) is 0 Å². The third kappa shape index (κ3) is 1.43. The first kappa shape index (κ1) is 11.0. The molecule has 0 radical (unpaired) electrons. The molecule has 0 spiro atoms. The molecule has 2 bridgehead atoms. The molecule has 3 aliphatic rings. The van der Waals surface area contributed by atoms with Crippen LogP contribution in [-0.2, 0) is 4.79 Å². The third-order valence-corrected chi connectivity index (χ3v) is 3.58. The van der Waals surface area contributed by atoms with Gasteiger partial charge in [-0.15, -0.1) is 11.6 Å². The molecule has 1 N–H and O–H groups in total. The van der Waals surface area contributed by atoms with Crippen molar-refractivity contribution in [1.82, 2.24) is 5.32 Å². The van der Waals surface area contributed by atoms with Crippen LogP contribution in [0.4, 0.5) is 13.2 Å². The van der Waals surface area contributed by atoms with E-state index >= 15 is 0 Å². The highest BCUT2D eigenvalue weighted by Crippen LogP contribution is 2.73. The van der Waals surface area contributed by atoms with Crippen molar-refractivity contribution in [3.63, 3.8) is 0 Å². The SMILES string of the molecule is CC(Cl)C(=O)NC12CC(C(F)(F)F)(C1)C2. The van der Waals surface area contributed by atoms with Crippen molar-refractivity contribution >= 4 is 17.5 Å². The monoisotopic (exact) mass is 241 g/mol. The van der Waals surface area contributed by atoms with Crippen LogP contribution in [-0.4, -0.2) is 23.0 Å². The maximum atomic E-state index is 12.5. The van der Waals surface area contributed by atoms with Crippen molar-refractivity contribution in [3.05, 3.63) is 0 Å². The van der Waals surface area contributed by atoms with Gasteiger partial charge >= 0.3 is 6.18 Å². The summed E-state index contributed by atoms with van der Waals surface area (Å²) in [5.41, 5.74) is -2.13. The van der Waals surface area contributed by atoms with Gasteiger partial charge in [0, 0.05) is 5.54 Å². The fourth-order valence-corrected chi connectivity index (χ4v) is 2.64. The largest absolute Gasteiger partial charge is 0.394 e. The highest BCUT2D eigenvalue weighted by molar-refractivity contribution is 6.30. The van der Waals surface area contributed by atoms with Crippen LogP contribution in [0.2, 0.25) is 0 Å². The molecular formula is C9H11ClF3NO. The summed E-state index contributed by atoms with van der Waals surface area (Å²) < 4.78 is 37.4. The lowest BCUT2D eigenvalue weighted by Gasteiger charge is -2.70. The van der Waals surface area contributed by atoms with E-state index in [9.17, 15) is 18.0 Å². The number of amides is 1. The maximum absolute atomic E-state index is 12.5. The number of nitrogens with one attached hydrogen (secondary N) is 1. The lowest BCUT2D eigenvalue weighted by atomic mass is 9.39. The zero-order valence-corrected chi connectivity index (χ0v) is 8.87. The molecule has 0 aliphatic heterocycles. The fourth-order valence-electron chi connectivity index (χ4n) is 2.58. The first-order valence-electron chi connectivity index (χ1n) is 4.73. The normalized spacial score (nSPS) is 40.1. The van der Waals surface area contributed by atoms with E-state index in [1.54, 1.807) is 0 Å². The zero-order valence-electron chi connectivity index (χ0n) is 8.12. The summed E-state index contributed by atoms with van der Waals surface area (Å²) in [7, 11) is 0. The van der Waals surface area contributed by atoms with Gasteiger partial charge in [0.2, 0.25) is 5.91 Å². The average Bonchev–Trinajstić information content (AvgIpc) is 1.89. The molecule has 1 unspecified atom stereocenters. The standard InChI is InChI=1S/C9H11ClF3NO/c1-5(10)6(15)14-8-2-7(3-8,4-8)9(11,12)13/h5H,2-4H2,1H3,(H,14,15). The number of hydrogen-bond donors (Lipinski definition) is 1. The lowest BCUT2D eigenvalue weighted by Crippen LogP contribution is -2.79. The van der Waals surface area contributed by atoms with Crippen LogP contribution in [0.3, 0.4) is 0 Å². The molecule has 1 atom stereocenters. The Kier molecular flexibility index (Phi) is 2.07. The molecule has 3 aliphatic carbocycles. The van der Waals surface area contributed by atoms with Crippen LogP contribution in [0.1, 0.15) is 26.2 Å². The van der Waals surface area contributed by atoms with E-state index in [4.69, 9.17) is 11.6 Å². The fraction of sp³-hybridized carbons (Fsp3) is 0.889. The van der Waals surface area contributed by atoms with Gasteiger partial charge in [0.25, 0.3) is 0 Å². The molecule has 1 amide bonds. The molecule has 15 heavy (non-hydrogen) atoms. The van der Waals surface area contributed by atoms with Gasteiger partial charge in [0.15, 0.2) is 0 Å². The van der Waals surface area contributed by atoms with Gasteiger partial charge in [-0.05, 0) is 26.2 Å². The summed E-state index contributed by atoms with van der Waals surface area (Å²) in [5, 5.41) is 1.89.